The van der Waals surface area contributed by atoms with E-state index in [1.165, 1.54) is 5.56 Å². The van der Waals surface area contributed by atoms with E-state index >= 15 is 0 Å². The molecular weight excluding hydrogens is 384 g/mol. The number of aliphatic hydroxyl groups excluding tert-OH is 1. The van der Waals surface area contributed by atoms with Crippen molar-refractivity contribution >= 4 is 19.9 Å². The van der Waals surface area contributed by atoms with E-state index in [1.54, 1.807) is 0 Å². The van der Waals surface area contributed by atoms with Gasteiger partial charge < -0.3 is 25.3 Å². The SMILES string of the molecule is C[C@H]1[C@H]([Si](C)(C)O)[C@@H](CCO)O[C@H]1CCc1ccc(NC(=O)[C@H]2CCCN2)cc1. The van der Waals surface area contributed by atoms with Crippen LogP contribution < -0.4 is 10.6 Å². The molecule has 7 heteroatoms. The molecule has 2 fully saturated rings. The Morgan fingerprint density at radius 1 is 1.24 bits per heavy atom. The maximum absolute atomic E-state index is 12.2. The normalized spacial score (nSPS) is 29.9. The van der Waals surface area contributed by atoms with Crippen molar-refractivity contribution in [1.29, 1.82) is 0 Å². The Kier molecular flexibility index (Phi) is 7.51. The Bertz CT molecular complexity index is 670. The van der Waals surface area contributed by atoms with Crippen LogP contribution in [0.4, 0.5) is 5.69 Å². The zero-order chi connectivity index (χ0) is 21.0. The lowest BCUT2D eigenvalue weighted by molar-refractivity contribution is -0.117. The number of carbonyl (C=O) groups is 1. The molecule has 2 saturated heterocycles. The van der Waals surface area contributed by atoms with Gasteiger partial charge in [-0.1, -0.05) is 19.1 Å². The summed E-state index contributed by atoms with van der Waals surface area (Å²) in [6.45, 7) is 7.12. The summed E-state index contributed by atoms with van der Waals surface area (Å²) in [4.78, 5) is 22.9. The lowest BCUT2D eigenvalue weighted by Crippen LogP contribution is -2.40. The van der Waals surface area contributed by atoms with Gasteiger partial charge in [-0.05, 0) is 75.4 Å². The van der Waals surface area contributed by atoms with Crippen molar-refractivity contribution in [2.75, 3.05) is 18.5 Å². The Labute approximate surface area is 175 Å². The van der Waals surface area contributed by atoms with E-state index < -0.39 is 8.32 Å². The van der Waals surface area contributed by atoms with Gasteiger partial charge >= 0.3 is 0 Å². The molecule has 0 aromatic heterocycles. The van der Waals surface area contributed by atoms with Gasteiger partial charge in [0, 0.05) is 17.8 Å². The first kappa shape index (κ1) is 22.4. The summed E-state index contributed by atoms with van der Waals surface area (Å²) >= 11 is 0. The molecule has 0 unspecified atom stereocenters. The van der Waals surface area contributed by atoms with Gasteiger partial charge in [-0.15, -0.1) is 0 Å². The summed E-state index contributed by atoms with van der Waals surface area (Å²) in [6.07, 6.45) is 4.37. The van der Waals surface area contributed by atoms with Gasteiger partial charge in [0.2, 0.25) is 5.91 Å². The van der Waals surface area contributed by atoms with Crippen molar-refractivity contribution in [3.05, 3.63) is 29.8 Å². The van der Waals surface area contributed by atoms with Crippen LogP contribution in [-0.2, 0) is 16.0 Å². The third-order valence-electron chi connectivity index (χ3n) is 6.45. The molecule has 0 bridgehead atoms. The number of aryl methyl sites for hydroxylation is 1. The van der Waals surface area contributed by atoms with E-state index in [0.29, 0.717) is 6.42 Å². The largest absolute Gasteiger partial charge is 0.432 e. The highest BCUT2D eigenvalue weighted by molar-refractivity contribution is 6.71. The molecule has 6 nitrogen and oxygen atoms in total. The maximum Gasteiger partial charge on any atom is 0.241 e. The van der Waals surface area contributed by atoms with Crippen LogP contribution in [0.2, 0.25) is 18.6 Å². The van der Waals surface area contributed by atoms with E-state index in [0.717, 1.165) is 37.9 Å². The summed E-state index contributed by atoms with van der Waals surface area (Å²) in [6, 6.07) is 7.97. The molecule has 2 aliphatic heterocycles. The van der Waals surface area contributed by atoms with Crippen molar-refractivity contribution in [3.63, 3.8) is 0 Å². The predicted molar refractivity (Wildman–Crippen MR) is 117 cm³/mol. The minimum Gasteiger partial charge on any atom is -0.432 e. The lowest BCUT2D eigenvalue weighted by atomic mass is 9.95. The number of anilines is 1. The third kappa shape index (κ3) is 5.67. The highest BCUT2D eigenvalue weighted by Crippen LogP contribution is 2.45. The van der Waals surface area contributed by atoms with Crippen LogP contribution >= 0.6 is 0 Å². The third-order valence-corrected chi connectivity index (χ3v) is 8.98. The molecule has 3 rings (SSSR count). The van der Waals surface area contributed by atoms with E-state index in [-0.39, 0.29) is 42.2 Å². The second-order valence-electron chi connectivity index (χ2n) is 9.14. The van der Waals surface area contributed by atoms with Crippen LogP contribution in [-0.4, -0.2) is 55.5 Å². The molecule has 2 aliphatic rings. The minimum absolute atomic E-state index is 0.0418. The highest BCUT2D eigenvalue weighted by Gasteiger charge is 2.49. The molecule has 1 aromatic rings. The zero-order valence-corrected chi connectivity index (χ0v) is 18.9. The Morgan fingerprint density at radius 3 is 2.55 bits per heavy atom. The number of rotatable bonds is 8. The Hall–Kier alpha value is -1.25. The van der Waals surface area contributed by atoms with Crippen LogP contribution in [0, 0.1) is 5.92 Å². The molecule has 5 atom stereocenters. The molecular formula is C22H36N2O4Si. The second kappa shape index (κ2) is 9.70. The first-order chi connectivity index (χ1) is 13.8. The van der Waals surface area contributed by atoms with E-state index in [2.05, 4.69) is 29.7 Å². The number of nitrogens with one attached hydrogen (secondary N) is 2. The first-order valence-corrected chi connectivity index (χ1v) is 13.9. The first-order valence-electron chi connectivity index (χ1n) is 10.9. The number of hydrogen-bond donors (Lipinski definition) is 4. The van der Waals surface area contributed by atoms with Gasteiger partial charge in [-0.25, -0.2) is 0 Å². The molecule has 162 valence electrons. The van der Waals surface area contributed by atoms with E-state index in [4.69, 9.17) is 4.74 Å². The number of ether oxygens (including phenoxy) is 1. The second-order valence-corrected chi connectivity index (χ2v) is 13.1. The van der Waals surface area contributed by atoms with Crippen LogP contribution in [0.3, 0.4) is 0 Å². The maximum atomic E-state index is 12.2. The quantitative estimate of drug-likeness (QED) is 0.486. The monoisotopic (exact) mass is 420 g/mol. The van der Waals surface area contributed by atoms with Crippen molar-refractivity contribution in [2.24, 2.45) is 5.92 Å². The summed E-state index contributed by atoms with van der Waals surface area (Å²) < 4.78 is 6.26. The van der Waals surface area contributed by atoms with Crippen molar-refractivity contribution in [2.45, 2.75) is 75.9 Å². The number of aliphatic hydroxyl groups is 1. The van der Waals surface area contributed by atoms with Crippen molar-refractivity contribution in [1.82, 2.24) is 5.32 Å². The summed E-state index contributed by atoms with van der Waals surface area (Å²) in [7, 11) is -2.35. The van der Waals surface area contributed by atoms with Crippen molar-refractivity contribution in [3.8, 4) is 0 Å². The van der Waals surface area contributed by atoms with Gasteiger partial charge in [-0.3, -0.25) is 4.79 Å². The Morgan fingerprint density at radius 2 is 1.97 bits per heavy atom. The number of hydrogen-bond acceptors (Lipinski definition) is 5. The summed E-state index contributed by atoms with van der Waals surface area (Å²) in [5.41, 5.74) is 2.19. The molecule has 0 spiro atoms. The molecule has 0 saturated carbocycles. The molecule has 0 aliphatic carbocycles. The minimum atomic E-state index is -2.35. The van der Waals surface area contributed by atoms with Crippen molar-refractivity contribution < 1.29 is 19.4 Å². The fourth-order valence-electron chi connectivity index (χ4n) is 5.01. The van der Waals surface area contributed by atoms with Crippen LogP contribution in [0.15, 0.2) is 24.3 Å². The number of carbonyl (C=O) groups excluding carboxylic acids is 1. The van der Waals surface area contributed by atoms with E-state index in [9.17, 15) is 14.7 Å². The fraction of sp³-hybridized carbons (Fsp3) is 0.682. The fourth-order valence-corrected chi connectivity index (χ4v) is 7.66. The molecule has 0 radical (unpaired) electrons. The molecule has 29 heavy (non-hydrogen) atoms. The predicted octanol–water partition coefficient (Wildman–Crippen LogP) is 2.66. The van der Waals surface area contributed by atoms with Gasteiger partial charge in [0.25, 0.3) is 0 Å². The standard InChI is InChI=1S/C22H36N2O4Si/c1-15-19(28-20(12-14-25)21(15)29(2,3)27)11-8-16-6-9-17(10-7-16)24-22(26)18-5-4-13-23-18/h6-7,9-10,15,18-21,23,25,27H,4-5,8,11-14H2,1-3H3,(H,24,26)/t15-,18-,19+,20-,21+/m1/s1. The van der Waals surface area contributed by atoms with Crippen LogP contribution in [0.1, 0.15) is 38.2 Å². The average molecular weight is 421 g/mol. The topological polar surface area (TPSA) is 90.8 Å². The molecule has 1 aromatic carbocycles. The smallest absolute Gasteiger partial charge is 0.241 e. The highest BCUT2D eigenvalue weighted by atomic mass is 28.4. The van der Waals surface area contributed by atoms with Gasteiger partial charge in [0.1, 0.15) is 0 Å². The summed E-state index contributed by atoms with van der Waals surface area (Å²) in [5.74, 6) is 0.330. The van der Waals surface area contributed by atoms with Crippen LogP contribution in [0.25, 0.3) is 0 Å². The molecule has 2 heterocycles. The lowest BCUT2D eigenvalue weighted by Gasteiger charge is -2.30. The summed E-state index contributed by atoms with van der Waals surface area (Å²) in [5, 5.41) is 15.6. The van der Waals surface area contributed by atoms with Gasteiger partial charge in [0.05, 0.1) is 18.2 Å². The van der Waals surface area contributed by atoms with Crippen LogP contribution in [0.5, 0.6) is 0 Å². The van der Waals surface area contributed by atoms with Gasteiger partial charge in [0.15, 0.2) is 8.32 Å². The number of benzene rings is 1. The molecule has 1 amide bonds. The molecule has 4 N–H and O–H groups in total. The average Bonchev–Trinajstić information content (AvgIpc) is 3.29. The number of amides is 1. The van der Waals surface area contributed by atoms with Gasteiger partial charge in [-0.2, -0.15) is 0 Å². The van der Waals surface area contributed by atoms with E-state index in [1.807, 2.05) is 25.2 Å². The zero-order valence-electron chi connectivity index (χ0n) is 17.9. The Balaban J connectivity index is 1.53.